The lowest BCUT2D eigenvalue weighted by molar-refractivity contribution is 0.0952. The lowest BCUT2D eigenvalue weighted by atomic mass is 10.1. The molecule has 4 rings (SSSR count). The molecule has 3 aromatic carbocycles. The van der Waals surface area contributed by atoms with E-state index in [1.807, 2.05) is 80.6 Å². The van der Waals surface area contributed by atoms with Crippen LogP contribution in [0.2, 0.25) is 0 Å². The summed E-state index contributed by atoms with van der Waals surface area (Å²) in [4.78, 5) is 17.4. The third-order valence-corrected chi connectivity index (χ3v) is 5.55. The molecule has 0 aliphatic rings. The highest BCUT2D eigenvalue weighted by molar-refractivity contribution is 5.95. The van der Waals surface area contributed by atoms with Crippen molar-refractivity contribution in [1.29, 1.82) is 0 Å². The summed E-state index contributed by atoms with van der Waals surface area (Å²) in [6.45, 7) is 5.91. The van der Waals surface area contributed by atoms with Gasteiger partial charge in [-0.1, -0.05) is 48.0 Å². The quantitative estimate of drug-likeness (QED) is 0.378. The molecule has 0 fully saturated rings. The molecule has 1 N–H and O–H groups in total. The number of ether oxygens (including phenoxy) is 1. The van der Waals surface area contributed by atoms with Crippen LogP contribution in [0.5, 0.6) is 5.75 Å². The number of rotatable bonds is 9. The van der Waals surface area contributed by atoms with Crippen LogP contribution in [-0.4, -0.2) is 28.6 Å². The highest BCUT2D eigenvalue weighted by Crippen LogP contribution is 2.18. The average molecular weight is 428 g/mol. The summed E-state index contributed by atoms with van der Waals surface area (Å²) in [5.74, 6) is 1.86. The number of aryl methyl sites for hydroxylation is 3. The van der Waals surface area contributed by atoms with Gasteiger partial charge in [-0.05, 0) is 56.2 Å². The summed E-state index contributed by atoms with van der Waals surface area (Å²) < 4.78 is 8.13. The van der Waals surface area contributed by atoms with Gasteiger partial charge in [0.25, 0.3) is 5.91 Å². The van der Waals surface area contributed by atoms with Crippen LogP contribution < -0.4 is 10.1 Å². The number of imidazole rings is 1. The first-order chi connectivity index (χ1) is 15.6. The number of aromatic nitrogens is 2. The SMILES string of the molecule is Cc1ccc(C(=O)NCCCc2nc3ccccc3n2CCOc2ccccc2)c(C)c1. The molecule has 0 aliphatic carbocycles. The Balaban J connectivity index is 1.37. The van der Waals surface area contributed by atoms with Crippen LogP contribution in [-0.2, 0) is 13.0 Å². The summed E-state index contributed by atoms with van der Waals surface area (Å²) in [5, 5.41) is 3.05. The first-order valence-corrected chi connectivity index (χ1v) is 11.1. The number of carbonyl (C=O) groups is 1. The third-order valence-electron chi connectivity index (χ3n) is 5.55. The molecule has 0 spiro atoms. The van der Waals surface area contributed by atoms with Crippen molar-refractivity contribution in [2.24, 2.45) is 0 Å². The third kappa shape index (κ3) is 5.17. The minimum atomic E-state index is -0.0211. The Morgan fingerprint density at radius 1 is 1.00 bits per heavy atom. The van der Waals surface area contributed by atoms with Crippen LogP contribution in [0.1, 0.15) is 33.7 Å². The van der Waals surface area contributed by atoms with Crippen LogP contribution in [0.25, 0.3) is 11.0 Å². The summed E-state index contributed by atoms with van der Waals surface area (Å²) in [6, 6.07) is 23.9. The largest absolute Gasteiger partial charge is 0.492 e. The lowest BCUT2D eigenvalue weighted by Gasteiger charge is -2.11. The fourth-order valence-corrected chi connectivity index (χ4v) is 3.95. The molecule has 0 saturated heterocycles. The number of hydrogen-bond donors (Lipinski definition) is 1. The first kappa shape index (κ1) is 21.6. The molecule has 1 heterocycles. The molecule has 164 valence electrons. The standard InChI is InChI=1S/C27H29N3O2/c1-20-14-15-23(21(2)19-20)27(31)28-16-8-13-26-29-24-11-6-7-12-25(24)30(26)17-18-32-22-9-4-3-5-10-22/h3-7,9-12,14-15,19H,8,13,16-18H2,1-2H3,(H,28,31). The molecule has 5 heteroatoms. The van der Waals surface area contributed by atoms with Gasteiger partial charge in [0.05, 0.1) is 17.6 Å². The van der Waals surface area contributed by atoms with Gasteiger partial charge in [0.1, 0.15) is 18.2 Å². The molecule has 1 aromatic heterocycles. The minimum Gasteiger partial charge on any atom is -0.492 e. The molecule has 4 aromatic rings. The van der Waals surface area contributed by atoms with E-state index in [0.29, 0.717) is 13.2 Å². The van der Waals surface area contributed by atoms with Crippen LogP contribution >= 0.6 is 0 Å². The number of nitrogens with zero attached hydrogens (tertiary/aromatic N) is 2. The number of hydrogen-bond acceptors (Lipinski definition) is 3. The van der Waals surface area contributed by atoms with Gasteiger partial charge >= 0.3 is 0 Å². The molecule has 0 saturated carbocycles. The molecule has 5 nitrogen and oxygen atoms in total. The topological polar surface area (TPSA) is 56.2 Å². The maximum Gasteiger partial charge on any atom is 0.251 e. The fourth-order valence-electron chi connectivity index (χ4n) is 3.95. The summed E-state index contributed by atoms with van der Waals surface area (Å²) in [7, 11) is 0. The predicted octanol–water partition coefficient (Wildman–Crippen LogP) is 5.09. The Hall–Kier alpha value is -3.60. The molecule has 0 radical (unpaired) electrons. The van der Waals surface area contributed by atoms with E-state index >= 15 is 0 Å². The minimum absolute atomic E-state index is 0.0211. The molecular formula is C27H29N3O2. The van der Waals surface area contributed by atoms with Crippen molar-refractivity contribution in [3.63, 3.8) is 0 Å². The Bertz CT molecular complexity index is 1200. The van der Waals surface area contributed by atoms with Crippen LogP contribution in [0.3, 0.4) is 0 Å². The molecular weight excluding hydrogens is 398 g/mol. The zero-order valence-electron chi connectivity index (χ0n) is 18.7. The van der Waals surface area contributed by atoms with Crippen LogP contribution in [0, 0.1) is 13.8 Å². The van der Waals surface area contributed by atoms with Crippen molar-refractivity contribution in [2.45, 2.75) is 33.2 Å². The molecule has 32 heavy (non-hydrogen) atoms. The number of fused-ring (bicyclic) bond motifs is 1. The summed E-state index contributed by atoms with van der Waals surface area (Å²) in [6.07, 6.45) is 1.60. The second-order valence-electron chi connectivity index (χ2n) is 8.01. The predicted molar refractivity (Wildman–Crippen MR) is 128 cm³/mol. The Morgan fingerprint density at radius 2 is 1.78 bits per heavy atom. The van der Waals surface area contributed by atoms with Gasteiger partial charge in [0.2, 0.25) is 0 Å². The molecule has 0 unspecified atom stereocenters. The molecule has 0 aliphatic heterocycles. The van der Waals surface area contributed by atoms with Crippen LogP contribution in [0.15, 0.2) is 72.8 Å². The number of amides is 1. The van der Waals surface area contributed by atoms with Gasteiger partial charge in [-0.25, -0.2) is 4.98 Å². The van der Waals surface area contributed by atoms with E-state index in [0.717, 1.165) is 58.7 Å². The van der Waals surface area contributed by atoms with Crippen molar-refractivity contribution in [3.8, 4) is 5.75 Å². The summed E-state index contributed by atoms with van der Waals surface area (Å²) >= 11 is 0. The van der Waals surface area contributed by atoms with E-state index in [1.165, 1.54) is 0 Å². The van der Waals surface area contributed by atoms with Gasteiger partial charge < -0.3 is 14.6 Å². The Morgan fingerprint density at radius 3 is 2.59 bits per heavy atom. The smallest absolute Gasteiger partial charge is 0.251 e. The van der Waals surface area contributed by atoms with E-state index in [2.05, 4.69) is 16.0 Å². The van der Waals surface area contributed by atoms with Crippen molar-refractivity contribution in [3.05, 3.63) is 95.3 Å². The van der Waals surface area contributed by atoms with Crippen molar-refractivity contribution in [2.75, 3.05) is 13.2 Å². The zero-order valence-corrected chi connectivity index (χ0v) is 18.7. The zero-order chi connectivity index (χ0) is 22.3. The second kappa shape index (κ2) is 10.1. The monoisotopic (exact) mass is 427 g/mol. The highest BCUT2D eigenvalue weighted by Gasteiger charge is 2.12. The Labute approximate surface area is 189 Å². The average Bonchev–Trinajstić information content (AvgIpc) is 3.15. The second-order valence-corrected chi connectivity index (χ2v) is 8.01. The van der Waals surface area contributed by atoms with Gasteiger partial charge in [0, 0.05) is 18.5 Å². The van der Waals surface area contributed by atoms with Gasteiger partial charge in [0.15, 0.2) is 0 Å². The van der Waals surface area contributed by atoms with E-state index in [-0.39, 0.29) is 5.91 Å². The number of para-hydroxylation sites is 3. The highest BCUT2D eigenvalue weighted by atomic mass is 16.5. The summed E-state index contributed by atoms with van der Waals surface area (Å²) in [5.41, 5.74) is 5.00. The first-order valence-electron chi connectivity index (χ1n) is 11.1. The number of nitrogens with one attached hydrogen (secondary N) is 1. The fraction of sp³-hybridized carbons (Fsp3) is 0.259. The maximum atomic E-state index is 12.5. The van der Waals surface area contributed by atoms with E-state index in [9.17, 15) is 4.79 Å². The normalized spacial score (nSPS) is 10.9. The van der Waals surface area contributed by atoms with E-state index < -0.39 is 0 Å². The van der Waals surface area contributed by atoms with Gasteiger partial charge in [-0.15, -0.1) is 0 Å². The maximum absolute atomic E-state index is 12.5. The van der Waals surface area contributed by atoms with Gasteiger partial charge in [-0.2, -0.15) is 0 Å². The van der Waals surface area contributed by atoms with E-state index in [4.69, 9.17) is 9.72 Å². The van der Waals surface area contributed by atoms with E-state index in [1.54, 1.807) is 0 Å². The van der Waals surface area contributed by atoms with Crippen LogP contribution in [0.4, 0.5) is 0 Å². The Kier molecular flexibility index (Phi) is 6.85. The van der Waals surface area contributed by atoms with Crippen molar-refractivity contribution in [1.82, 2.24) is 14.9 Å². The number of benzene rings is 3. The molecule has 0 bridgehead atoms. The van der Waals surface area contributed by atoms with Crippen molar-refractivity contribution >= 4 is 16.9 Å². The lowest BCUT2D eigenvalue weighted by Crippen LogP contribution is -2.25. The van der Waals surface area contributed by atoms with Crippen molar-refractivity contribution < 1.29 is 9.53 Å². The molecule has 0 atom stereocenters. The number of carbonyl (C=O) groups excluding carboxylic acids is 1. The molecule has 1 amide bonds. The van der Waals surface area contributed by atoms with Gasteiger partial charge in [-0.3, -0.25) is 4.79 Å².